The largest absolute Gasteiger partial charge is 0.492 e. The van der Waals surface area contributed by atoms with Crippen LogP contribution in [0.25, 0.3) is 10.9 Å². The number of hydrogen-bond acceptors (Lipinski definition) is 2. The van der Waals surface area contributed by atoms with E-state index in [0.29, 0.717) is 5.75 Å². The third-order valence-electron chi connectivity index (χ3n) is 2.79. The first-order valence-corrected chi connectivity index (χ1v) is 4.73. The van der Waals surface area contributed by atoms with Crippen molar-refractivity contribution in [3.05, 3.63) is 30.0 Å². The maximum Gasteiger partial charge on any atom is 0.314 e. The van der Waals surface area contributed by atoms with Gasteiger partial charge in [-0.1, -0.05) is 0 Å². The van der Waals surface area contributed by atoms with E-state index in [2.05, 4.69) is 4.98 Å². The Hall–Kier alpha value is -1.97. The lowest BCUT2D eigenvalue weighted by molar-refractivity contribution is -0.138. The quantitative estimate of drug-likeness (QED) is 0.741. The molecule has 76 valence electrons. The van der Waals surface area contributed by atoms with Crippen molar-refractivity contribution >= 4 is 16.9 Å². The van der Waals surface area contributed by atoms with Crippen LogP contribution in [0.15, 0.2) is 24.4 Å². The maximum atomic E-state index is 11.0. The molecule has 1 aliphatic heterocycles. The van der Waals surface area contributed by atoms with Gasteiger partial charge < -0.3 is 14.8 Å². The molecule has 0 saturated carbocycles. The number of carbonyl (C=O) groups is 1. The van der Waals surface area contributed by atoms with Gasteiger partial charge in [0.05, 0.1) is 0 Å². The second kappa shape index (κ2) is 2.76. The topological polar surface area (TPSA) is 62.3 Å². The molecule has 1 unspecified atom stereocenters. The molecule has 4 nitrogen and oxygen atoms in total. The number of fused-ring (bicyclic) bond motifs is 3. The third-order valence-corrected chi connectivity index (χ3v) is 2.79. The summed E-state index contributed by atoms with van der Waals surface area (Å²) in [6, 6.07) is 5.61. The summed E-state index contributed by atoms with van der Waals surface area (Å²) < 4.78 is 5.36. The number of aromatic amines is 1. The Bertz CT molecular complexity index is 544. The van der Waals surface area contributed by atoms with Gasteiger partial charge in [0.1, 0.15) is 18.3 Å². The van der Waals surface area contributed by atoms with Crippen LogP contribution in [0.1, 0.15) is 11.5 Å². The van der Waals surface area contributed by atoms with Crippen LogP contribution in [0.4, 0.5) is 0 Å². The van der Waals surface area contributed by atoms with Crippen molar-refractivity contribution in [2.24, 2.45) is 0 Å². The van der Waals surface area contributed by atoms with Gasteiger partial charge in [-0.05, 0) is 18.2 Å². The predicted octanol–water partition coefficient (Wildman–Crippen LogP) is 1.73. The summed E-state index contributed by atoms with van der Waals surface area (Å²) in [7, 11) is 0. The number of benzene rings is 1. The van der Waals surface area contributed by atoms with Gasteiger partial charge in [0.2, 0.25) is 0 Å². The van der Waals surface area contributed by atoms with E-state index in [4.69, 9.17) is 9.84 Å². The van der Waals surface area contributed by atoms with E-state index in [1.807, 2.05) is 24.4 Å². The Labute approximate surface area is 85.5 Å². The average Bonchev–Trinajstić information content (AvgIpc) is 2.82. The summed E-state index contributed by atoms with van der Waals surface area (Å²) in [5.74, 6) is -0.684. The zero-order valence-corrected chi connectivity index (χ0v) is 7.86. The van der Waals surface area contributed by atoms with Gasteiger partial charge in [0.15, 0.2) is 0 Å². The smallest absolute Gasteiger partial charge is 0.314 e. The van der Waals surface area contributed by atoms with Crippen LogP contribution in [-0.4, -0.2) is 22.7 Å². The third kappa shape index (κ3) is 1.05. The lowest BCUT2D eigenvalue weighted by Crippen LogP contribution is -2.12. The van der Waals surface area contributed by atoms with E-state index in [-0.39, 0.29) is 6.61 Å². The molecule has 4 heteroatoms. The Morgan fingerprint density at radius 2 is 2.33 bits per heavy atom. The van der Waals surface area contributed by atoms with E-state index in [1.54, 1.807) is 0 Å². The zero-order chi connectivity index (χ0) is 10.4. The van der Waals surface area contributed by atoms with Gasteiger partial charge in [-0.2, -0.15) is 0 Å². The molecule has 0 amide bonds. The number of hydrogen-bond donors (Lipinski definition) is 2. The van der Waals surface area contributed by atoms with Crippen LogP contribution in [0.2, 0.25) is 0 Å². The van der Waals surface area contributed by atoms with E-state index in [0.717, 1.165) is 16.5 Å². The molecule has 3 rings (SSSR count). The second-order valence-electron chi connectivity index (χ2n) is 3.62. The lowest BCUT2D eigenvalue weighted by Gasteiger charge is -2.03. The minimum Gasteiger partial charge on any atom is -0.492 e. The fraction of sp³-hybridized carbons (Fsp3) is 0.182. The number of ether oxygens (including phenoxy) is 1. The molecular weight excluding hydrogens is 194 g/mol. The van der Waals surface area contributed by atoms with Gasteiger partial charge in [-0.25, -0.2) is 0 Å². The number of carboxylic acids is 1. The molecule has 0 fully saturated rings. The van der Waals surface area contributed by atoms with Crippen LogP contribution in [0, 0.1) is 0 Å². The first-order valence-electron chi connectivity index (χ1n) is 4.73. The van der Waals surface area contributed by atoms with Gasteiger partial charge >= 0.3 is 5.97 Å². The molecule has 2 N–H and O–H groups in total. The van der Waals surface area contributed by atoms with Crippen LogP contribution < -0.4 is 4.74 Å². The minimum absolute atomic E-state index is 0.231. The average molecular weight is 203 g/mol. The SMILES string of the molecule is O=C(O)C1COc2ccc3[nH]ccc3c21. The molecule has 1 aromatic carbocycles. The first kappa shape index (κ1) is 8.35. The van der Waals surface area contributed by atoms with E-state index < -0.39 is 11.9 Å². The Balaban J connectivity index is 2.31. The number of rotatable bonds is 1. The summed E-state index contributed by atoms with van der Waals surface area (Å²) in [6.45, 7) is 0.231. The highest BCUT2D eigenvalue weighted by Gasteiger charge is 2.32. The fourth-order valence-electron chi connectivity index (χ4n) is 2.07. The molecule has 1 atom stereocenters. The molecule has 0 radical (unpaired) electrons. The predicted molar refractivity (Wildman–Crippen MR) is 54.2 cm³/mol. The van der Waals surface area contributed by atoms with Gasteiger partial charge in [-0.15, -0.1) is 0 Å². The van der Waals surface area contributed by atoms with Crippen molar-refractivity contribution in [3.63, 3.8) is 0 Å². The van der Waals surface area contributed by atoms with Crippen LogP contribution in [0.5, 0.6) is 5.75 Å². The molecule has 0 spiro atoms. The zero-order valence-electron chi connectivity index (χ0n) is 7.86. The summed E-state index contributed by atoms with van der Waals surface area (Å²) in [4.78, 5) is 14.1. The van der Waals surface area contributed by atoms with Crippen molar-refractivity contribution < 1.29 is 14.6 Å². The normalized spacial score (nSPS) is 18.8. The molecule has 1 aromatic heterocycles. The molecule has 1 aliphatic rings. The summed E-state index contributed by atoms with van der Waals surface area (Å²) in [5.41, 5.74) is 1.74. The Morgan fingerprint density at radius 3 is 3.13 bits per heavy atom. The molecule has 0 saturated heterocycles. The highest BCUT2D eigenvalue weighted by atomic mass is 16.5. The number of aromatic nitrogens is 1. The number of nitrogens with one attached hydrogen (secondary N) is 1. The molecule has 2 aromatic rings. The van der Waals surface area contributed by atoms with Crippen molar-refractivity contribution in [2.75, 3.05) is 6.61 Å². The van der Waals surface area contributed by atoms with Crippen molar-refractivity contribution in [3.8, 4) is 5.75 Å². The first-order chi connectivity index (χ1) is 7.27. The van der Waals surface area contributed by atoms with E-state index in [9.17, 15) is 4.79 Å². The monoisotopic (exact) mass is 203 g/mol. The van der Waals surface area contributed by atoms with Crippen molar-refractivity contribution in [1.29, 1.82) is 0 Å². The van der Waals surface area contributed by atoms with Gasteiger partial charge in [-0.3, -0.25) is 4.79 Å². The fourth-order valence-corrected chi connectivity index (χ4v) is 2.07. The Kier molecular flexibility index (Phi) is 1.54. The highest BCUT2D eigenvalue weighted by Crippen LogP contribution is 2.39. The second-order valence-corrected chi connectivity index (χ2v) is 3.62. The molecule has 2 heterocycles. The van der Waals surface area contributed by atoms with E-state index >= 15 is 0 Å². The van der Waals surface area contributed by atoms with Crippen molar-refractivity contribution in [1.82, 2.24) is 4.98 Å². The molecule has 0 bridgehead atoms. The highest BCUT2D eigenvalue weighted by molar-refractivity contribution is 5.92. The van der Waals surface area contributed by atoms with Crippen molar-refractivity contribution in [2.45, 2.75) is 5.92 Å². The van der Waals surface area contributed by atoms with Crippen LogP contribution in [-0.2, 0) is 4.79 Å². The lowest BCUT2D eigenvalue weighted by atomic mass is 9.98. The Morgan fingerprint density at radius 1 is 1.47 bits per heavy atom. The number of carboxylic acid groups (broad SMARTS) is 1. The summed E-state index contributed by atoms with van der Waals surface area (Å²) >= 11 is 0. The van der Waals surface area contributed by atoms with Gasteiger partial charge in [0, 0.05) is 22.7 Å². The van der Waals surface area contributed by atoms with Crippen LogP contribution in [0.3, 0.4) is 0 Å². The number of H-pyrrole nitrogens is 1. The van der Waals surface area contributed by atoms with Crippen LogP contribution >= 0.6 is 0 Å². The number of aliphatic carboxylic acids is 1. The summed E-state index contributed by atoms with van der Waals surface area (Å²) in [6.07, 6.45) is 1.81. The van der Waals surface area contributed by atoms with E-state index in [1.165, 1.54) is 0 Å². The standard InChI is InChI=1S/C11H9NO3/c13-11(14)7-5-15-9-2-1-8-6(10(7)9)3-4-12-8/h1-4,7,12H,5H2,(H,13,14). The maximum absolute atomic E-state index is 11.0. The molecular formula is C11H9NO3. The van der Waals surface area contributed by atoms with Gasteiger partial charge in [0.25, 0.3) is 0 Å². The molecule has 0 aliphatic carbocycles. The molecule has 15 heavy (non-hydrogen) atoms. The summed E-state index contributed by atoms with van der Waals surface area (Å²) in [5, 5.41) is 10.0. The minimum atomic E-state index is -0.831.